The van der Waals surface area contributed by atoms with Crippen molar-refractivity contribution in [3.63, 3.8) is 0 Å². The lowest BCUT2D eigenvalue weighted by molar-refractivity contribution is 0.112. The highest BCUT2D eigenvalue weighted by Crippen LogP contribution is 2.04. The first-order valence-corrected chi connectivity index (χ1v) is 4.94. The number of aldehydes is 1. The molecule has 0 N–H and O–H groups in total. The third-order valence-electron chi connectivity index (χ3n) is 2.38. The third kappa shape index (κ3) is 1.98. The molecule has 4 nitrogen and oxygen atoms in total. The molecule has 15 heavy (non-hydrogen) atoms. The molecule has 2 heterocycles. The Labute approximate surface area is 88.2 Å². The van der Waals surface area contributed by atoms with Crippen LogP contribution in [0.3, 0.4) is 0 Å². The number of carbonyl (C=O) groups is 1. The largest absolute Gasteiger partial charge is 0.346 e. The molecule has 0 unspecified atom stereocenters. The van der Waals surface area contributed by atoms with Gasteiger partial charge in [-0.2, -0.15) is 0 Å². The highest BCUT2D eigenvalue weighted by molar-refractivity contribution is 5.74. The zero-order valence-corrected chi connectivity index (χ0v) is 8.63. The summed E-state index contributed by atoms with van der Waals surface area (Å²) in [5, 5.41) is 0. The molecule has 0 radical (unpaired) electrons. The molecule has 0 saturated heterocycles. The van der Waals surface area contributed by atoms with E-state index in [1.807, 2.05) is 23.2 Å². The van der Waals surface area contributed by atoms with E-state index >= 15 is 0 Å². The molecule has 0 atom stereocenters. The van der Waals surface area contributed by atoms with Crippen LogP contribution in [0.5, 0.6) is 0 Å². The molecule has 0 aromatic carbocycles. The van der Waals surface area contributed by atoms with Crippen LogP contribution >= 0.6 is 0 Å². The Morgan fingerprint density at radius 1 is 1.47 bits per heavy atom. The van der Waals surface area contributed by atoms with Gasteiger partial charge in [-0.15, -0.1) is 0 Å². The van der Waals surface area contributed by atoms with Gasteiger partial charge in [0.1, 0.15) is 5.82 Å². The SMILES string of the molecule is CCn1ccnc1Cn1ccc(C=O)c1. The van der Waals surface area contributed by atoms with Crippen LogP contribution in [0.25, 0.3) is 0 Å². The Kier molecular flexibility index (Phi) is 2.67. The van der Waals surface area contributed by atoms with Crippen LogP contribution < -0.4 is 0 Å². The minimum absolute atomic E-state index is 0.699. The molecule has 2 rings (SSSR count). The van der Waals surface area contributed by atoms with Gasteiger partial charge in [0, 0.05) is 36.9 Å². The molecule has 2 aromatic rings. The molecule has 0 fully saturated rings. The van der Waals surface area contributed by atoms with Crippen molar-refractivity contribution >= 4 is 6.29 Å². The van der Waals surface area contributed by atoms with E-state index in [2.05, 4.69) is 16.5 Å². The van der Waals surface area contributed by atoms with Crippen molar-refractivity contribution in [3.8, 4) is 0 Å². The maximum Gasteiger partial charge on any atom is 0.151 e. The van der Waals surface area contributed by atoms with Gasteiger partial charge in [-0.1, -0.05) is 0 Å². The van der Waals surface area contributed by atoms with Crippen molar-refractivity contribution in [2.24, 2.45) is 0 Å². The predicted molar refractivity (Wildman–Crippen MR) is 56.8 cm³/mol. The van der Waals surface area contributed by atoms with Crippen LogP contribution in [-0.4, -0.2) is 20.4 Å². The first-order chi connectivity index (χ1) is 7.33. The first kappa shape index (κ1) is 9.71. The Balaban J connectivity index is 2.17. The Bertz CT molecular complexity index is 456. The fraction of sp³-hybridized carbons (Fsp3) is 0.273. The molecular formula is C11H13N3O. The van der Waals surface area contributed by atoms with Crippen LogP contribution in [0.4, 0.5) is 0 Å². The van der Waals surface area contributed by atoms with E-state index in [0.717, 1.165) is 18.7 Å². The minimum Gasteiger partial charge on any atom is -0.346 e. The van der Waals surface area contributed by atoms with Gasteiger partial charge >= 0.3 is 0 Å². The van der Waals surface area contributed by atoms with E-state index < -0.39 is 0 Å². The van der Waals surface area contributed by atoms with Gasteiger partial charge in [-0.25, -0.2) is 4.98 Å². The fourth-order valence-electron chi connectivity index (χ4n) is 1.57. The Morgan fingerprint density at radius 2 is 2.33 bits per heavy atom. The van der Waals surface area contributed by atoms with Gasteiger partial charge in [-0.05, 0) is 13.0 Å². The number of nitrogens with zero attached hydrogens (tertiary/aromatic N) is 3. The topological polar surface area (TPSA) is 39.8 Å². The van der Waals surface area contributed by atoms with E-state index in [1.54, 1.807) is 12.3 Å². The molecule has 2 aromatic heterocycles. The third-order valence-corrected chi connectivity index (χ3v) is 2.38. The summed E-state index contributed by atoms with van der Waals surface area (Å²) in [4.78, 5) is 14.8. The Hall–Kier alpha value is -1.84. The number of aryl methyl sites for hydroxylation is 1. The second kappa shape index (κ2) is 4.13. The lowest BCUT2D eigenvalue weighted by Crippen LogP contribution is -2.05. The van der Waals surface area contributed by atoms with E-state index in [0.29, 0.717) is 12.1 Å². The zero-order chi connectivity index (χ0) is 10.7. The molecule has 0 saturated carbocycles. The smallest absolute Gasteiger partial charge is 0.151 e. The molecule has 78 valence electrons. The summed E-state index contributed by atoms with van der Waals surface area (Å²) in [6.45, 7) is 3.70. The lowest BCUT2D eigenvalue weighted by atomic mass is 10.4. The normalized spacial score (nSPS) is 10.5. The number of hydrogen-bond acceptors (Lipinski definition) is 2. The molecule has 4 heteroatoms. The molecule has 0 aliphatic rings. The molecule has 0 spiro atoms. The van der Waals surface area contributed by atoms with Crippen LogP contribution in [0.15, 0.2) is 30.9 Å². The van der Waals surface area contributed by atoms with Gasteiger partial charge in [0.25, 0.3) is 0 Å². The fourth-order valence-corrected chi connectivity index (χ4v) is 1.57. The monoisotopic (exact) mass is 203 g/mol. The van der Waals surface area contributed by atoms with Gasteiger partial charge in [0.15, 0.2) is 6.29 Å². The molecule has 0 amide bonds. The van der Waals surface area contributed by atoms with Gasteiger partial charge in [0.2, 0.25) is 0 Å². The number of rotatable bonds is 4. The maximum absolute atomic E-state index is 10.5. The van der Waals surface area contributed by atoms with Gasteiger partial charge in [-0.3, -0.25) is 4.79 Å². The number of aromatic nitrogens is 3. The number of hydrogen-bond donors (Lipinski definition) is 0. The summed E-state index contributed by atoms with van der Waals surface area (Å²) in [6, 6.07) is 1.80. The predicted octanol–water partition coefficient (Wildman–Crippen LogP) is 1.57. The molecule has 0 bridgehead atoms. The number of imidazole rings is 1. The van der Waals surface area contributed by atoms with Crippen molar-refractivity contribution < 1.29 is 4.79 Å². The first-order valence-electron chi connectivity index (χ1n) is 4.94. The summed E-state index contributed by atoms with van der Waals surface area (Å²) in [5.74, 6) is 1.01. The van der Waals surface area contributed by atoms with Crippen molar-refractivity contribution in [2.75, 3.05) is 0 Å². The van der Waals surface area contributed by atoms with Crippen molar-refractivity contribution in [2.45, 2.75) is 20.0 Å². The zero-order valence-electron chi connectivity index (χ0n) is 8.63. The summed E-state index contributed by atoms with van der Waals surface area (Å²) in [6.07, 6.45) is 8.31. The van der Waals surface area contributed by atoms with Crippen molar-refractivity contribution in [1.82, 2.24) is 14.1 Å². The second-order valence-corrected chi connectivity index (χ2v) is 3.36. The summed E-state index contributed by atoms with van der Waals surface area (Å²) in [5.41, 5.74) is 0.699. The van der Waals surface area contributed by atoms with E-state index in [1.165, 1.54) is 0 Å². The van der Waals surface area contributed by atoms with Crippen molar-refractivity contribution in [3.05, 3.63) is 42.2 Å². The standard InChI is InChI=1S/C11H13N3O/c1-2-14-6-4-12-11(14)8-13-5-3-10(7-13)9-15/h3-7,9H,2,8H2,1H3. The molecular weight excluding hydrogens is 190 g/mol. The van der Waals surface area contributed by atoms with Crippen LogP contribution in [0, 0.1) is 0 Å². The lowest BCUT2D eigenvalue weighted by Gasteiger charge is -2.05. The minimum atomic E-state index is 0.699. The average molecular weight is 203 g/mol. The van der Waals surface area contributed by atoms with Crippen LogP contribution in [0.1, 0.15) is 23.1 Å². The number of carbonyl (C=O) groups excluding carboxylic acids is 1. The molecule has 0 aliphatic carbocycles. The Morgan fingerprint density at radius 3 is 3.00 bits per heavy atom. The highest BCUT2D eigenvalue weighted by Gasteiger charge is 2.02. The quantitative estimate of drug-likeness (QED) is 0.707. The van der Waals surface area contributed by atoms with Crippen molar-refractivity contribution in [1.29, 1.82) is 0 Å². The van der Waals surface area contributed by atoms with Crippen LogP contribution in [0.2, 0.25) is 0 Å². The summed E-state index contributed by atoms with van der Waals surface area (Å²) >= 11 is 0. The summed E-state index contributed by atoms with van der Waals surface area (Å²) < 4.78 is 4.04. The average Bonchev–Trinajstić information content (AvgIpc) is 2.87. The maximum atomic E-state index is 10.5. The van der Waals surface area contributed by atoms with E-state index in [4.69, 9.17) is 0 Å². The van der Waals surface area contributed by atoms with Gasteiger partial charge < -0.3 is 9.13 Å². The van der Waals surface area contributed by atoms with E-state index in [-0.39, 0.29) is 0 Å². The van der Waals surface area contributed by atoms with Crippen LogP contribution in [-0.2, 0) is 13.1 Å². The summed E-state index contributed by atoms with van der Waals surface area (Å²) in [7, 11) is 0. The molecule has 0 aliphatic heterocycles. The second-order valence-electron chi connectivity index (χ2n) is 3.36. The van der Waals surface area contributed by atoms with Gasteiger partial charge in [0.05, 0.1) is 6.54 Å². The van der Waals surface area contributed by atoms with E-state index in [9.17, 15) is 4.79 Å². The highest BCUT2D eigenvalue weighted by atomic mass is 16.1.